The molecule has 1 aromatic rings. The molecule has 11 heteroatoms. The highest BCUT2D eigenvalue weighted by Gasteiger charge is 2.36. The quantitative estimate of drug-likeness (QED) is 0.289. The zero-order valence-corrected chi connectivity index (χ0v) is 20.5. The number of dihydropyridines is 1. The number of hydrogen-bond donors (Lipinski definition) is 4. The Morgan fingerprint density at radius 3 is 2.60 bits per heavy atom. The van der Waals surface area contributed by atoms with Crippen LogP contribution in [-0.4, -0.2) is 64.4 Å². The van der Waals surface area contributed by atoms with Crippen LogP contribution in [0, 0.1) is 5.92 Å². The Balaban J connectivity index is 1.83. The lowest BCUT2D eigenvalue weighted by molar-refractivity contribution is -0.127. The van der Waals surface area contributed by atoms with Gasteiger partial charge in [-0.3, -0.25) is 14.3 Å². The predicted molar refractivity (Wildman–Crippen MR) is 134 cm³/mol. The Hall–Kier alpha value is -3.99. The SMILES string of the molecule is CC(=O)N(N)C1=CC(c2c(NC3=CCC(C)C=C3)c3c(n2N)CN(C(=O)N(C)C)CC3=O)=CCN1. The molecule has 1 unspecified atom stereocenters. The van der Waals surface area contributed by atoms with Gasteiger partial charge in [-0.1, -0.05) is 25.2 Å². The van der Waals surface area contributed by atoms with E-state index in [2.05, 4.69) is 29.7 Å². The van der Waals surface area contributed by atoms with E-state index in [4.69, 9.17) is 11.7 Å². The number of nitrogens with zero attached hydrogens (tertiary/aromatic N) is 4. The molecule has 3 aliphatic rings. The molecule has 1 atom stereocenters. The van der Waals surface area contributed by atoms with Crippen LogP contribution in [0.4, 0.5) is 10.5 Å². The lowest BCUT2D eigenvalue weighted by atomic mass is 9.99. The maximum Gasteiger partial charge on any atom is 0.320 e. The number of urea groups is 1. The third-order valence-electron chi connectivity index (χ3n) is 6.27. The van der Waals surface area contributed by atoms with E-state index in [1.165, 1.54) is 21.4 Å². The Labute approximate surface area is 204 Å². The number of allylic oxidation sites excluding steroid dienone is 5. The summed E-state index contributed by atoms with van der Waals surface area (Å²) in [5.74, 6) is 12.8. The molecule has 0 bridgehead atoms. The second-order valence-corrected chi connectivity index (χ2v) is 9.19. The number of aromatic nitrogens is 1. The molecule has 0 saturated carbocycles. The van der Waals surface area contributed by atoms with Crippen LogP contribution in [0.5, 0.6) is 0 Å². The van der Waals surface area contributed by atoms with Crippen LogP contribution in [0.3, 0.4) is 0 Å². The fourth-order valence-electron chi connectivity index (χ4n) is 4.38. The van der Waals surface area contributed by atoms with Gasteiger partial charge in [-0.05, 0) is 24.5 Å². The normalized spacial score (nSPS) is 19.2. The van der Waals surface area contributed by atoms with Crippen LogP contribution in [0.15, 0.2) is 41.9 Å². The van der Waals surface area contributed by atoms with Gasteiger partial charge < -0.3 is 26.3 Å². The van der Waals surface area contributed by atoms with E-state index in [1.807, 2.05) is 12.2 Å². The Morgan fingerprint density at radius 1 is 1.23 bits per heavy atom. The lowest BCUT2D eigenvalue weighted by Crippen LogP contribution is -2.45. The van der Waals surface area contributed by atoms with E-state index in [-0.39, 0.29) is 30.8 Å². The number of nitrogen functional groups attached to an aromatic ring is 1. The number of ketones is 1. The highest BCUT2D eigenvalue weighted by Crippen LogP contribution is 2.38. The number of carbonyl (C=O) groups excluding carboxylic acids is 3. The van der Waals surface area contributed by atoms with Gasteiger partial charge in [0.25, 0.3) is 0 Å². The van der Waals surface area contributed by atoms with Crippen LogP contribution in [-0.2, 0) is 11.3 Å². The number of nitrogens with one attached hydrogen (secondary N) is 2. The summed E-state index contributed by atoms with van der Waals surface area (Å²) in [6.07, 6.45) is 10.7. The topological polar surface area (TPSA) is 142 Å². The number of hydrogen-bond acceptors (Lipinski definition) is 7. The molecule has 2 aliphatic heterocycles. The standard InChI is InChI=1S/C24H32N8O3/c1-14-5-7-17(8-6-14)28-22-21-18(12-30(13-19(21)34)24(35)29(3)4)32(26)23(22)16-9-10-27-20(11-16)31(25)15(2)33/h5,7-9,11,14,27-28H,6,10,12-13,25-26H2,1-4H3. The van der Waals surface area contributed by atoms with Crippen LogP contribution in [0.1, 0.15) is 42.0 Å². The van der Waals surface area contributed by atoms with Gasteiger partial charge in [0.2, 0.25) is 5.91 Å². The van der Waals surface area contributed by atoms with Crippen LogP contribution < -0.4 is 22.3 Å². The number of nitrogens with two attached hydrogens (primary N) is 2. The van der Waals surface area contributed by atoms with Gasteiger partial charge in [0.1, 0.15) is 5.82 Å². The van der Waals surface area contributed by atoms with Crippen molar-refractivity contribution in [2.24, 2.45) is 11.8 Å². The molecule has 0 radical (unpaired) electrons. The molecule has 0 spiro atoms. The molecular weight excluding hydrogens is 448 g/mol. The molecule has 11 nitrogen and oxygen atoms in total. The molecule has 1 aromatic heterocycles. The van der Waals surface area contributed by atoms with Crippen molar-refractivity contribution in [1.29, 1.82) is 0 Å². The number of carbonyl (C=O) groups is 3. The molecule has 0 aromatic carbocycles. The summed E-state index contributed by atoms with van der Waals surface area (Å²) in [7, 11) is 3.29. The number of Topliss-reactive ketones (excluding diaryl/α,β-unsaturated/α-hetero) is 1. The van der Waals surface area contributed by atoms with Crippen LogP contribution in [0.25, 0.3) is 5.57 Å². The van der Waals surface area contributed by atoms with Gasteiger partial charge in [0, 0.05) is 38.8 Å². The van der Waals surface area contributed by atoms with Gasteiger partial charge in [-0.2, -0.15) is 0 Å². The summed E-state index contributed by atoms with van der Waals surface area (Å²) >= 11 is 0. The second-order valence-electron chi connectivity index (χ2n) is 9.19. The first-order valence-corrected chi connectivity index (χ1v) is 11.5. The van der Waals surface area contributed by atoms with E-state index in [1.54, 1.807) is 20.2 Å². The van der Waals surface area contributed by atoms with Gasteiger partial charge in [0.05, 0.1) is 35.7 Å². The summed E-state index contributed by atoms with van der Waals surface area (Å²) in [6.45, 7) is 4.06. The van der Waals surface area contributed by atoms with Crippen molar-refractivity contribution in [3.63, 3.8) is 0 Å². The molecule has 0 saturated heterocycles. The van der Waals surface area contributed by atoms with Crippen molar-refractivity contribution in [3.8, 4) is 0 Å². The molecule has 186 valence electrons. The van der Waals surface area contributed by atoms with Gasteiger partial charge in [-0.25, -0.2) is 15.6 Å². The largest absolute Gasteiger partial charge is 0.367 e. The van der Waals surface area contributed by atoms with Crippen molar-refractivity contribution < 1.29 is 14.4 Å². The monoisotopic (exact) mass is 480 g/mol. The number of hydrazine groups is 1. The highest BCUT2D eigenvalue weighted by atomic mass is 16.2. The van der Waals surface area contributed by atoms with Crippen LogP contribution >= 0.6 is 0 Å². The maximum atomic E-state index is 13.4. The smallest absolute Gasteiger partial charge is 0.320 e. The molecule has 1 aliphatic carbocycles. The molecule has 35 heavy (non-hydrogen) atoms. The average molecular weight is 481 g/mol. The van der Waals surface area contributed by atoms with Gasteiger partial charge in [-0.15, -0.1) is 0 Å². The van der Waals surface area contributed by atoms with E-state index in [0.29, 0.717) is 46.5 Å². The number of anilines is 1. The first kappa shape index (κ1) is 24.1. The zero-order valence-electron chi connectivity index (χ0n) is 20.5. The summed E-state index contributed by atoms with van der Waals surface area (Å²) < 4.78 is 1.46. The second kappa shape index (κ2) is 9.34. The summed E-state index contributed by atoms with van der Waals surface area (Å²) in [4.78, 5) is 40.7. The number of rotatable bonds is 4. The van der Waals surface area contributed by atoms with Gasteiger partial charge in [0.15, 0.2) is 5.78 Å². The summed E-state index contributed by atoms with van der Waals surface area (Å²) in [6, 6.07) is -0.267. The number of fused-ring (bicyclic) bond motifs is 1. The Bertz CT molecular complexity index is 1200. The van der Waals surface area contributed by atoms with Crippen molar-refractivity contribution in [2.45, 2.75) is 26.8 Å². The zero-order chi connectivity index (χ0) is 25.4. The summed E-state index contributed by atoms with van der Waals surface area (Å²) in [5.41, 5.74) is 3.70. The van der Waals surface area contributed by atoms with Crippen molar-refractivity contribution in [2.75, 3.05) is 38.3 Å². The van der Waals surface area contributed by atoms with Crippen molar-refractivity contribution in [1.82, 2.24) is 24.8 Å². The highest BCUT2D eigenvalue weighted by molar-refractivity contribution is 6.09. The Kier molecular flexibility index (Phi) is 6.44. The van der Waals surface area contributed by atoms with Crippen LogP contribution in [0.2, 0.25) is 0 Å². The van der Waals surface area contributed by atoms with Gasteiger partial charge >= 0.3 is 6.03 Å². The maximum absolute atomic E-state index is 13.4. The first-order valence-electron chi connectivity index (χ1n) is 11.5. The third kappa shape index (κ3) is 4.54. The lowest BCUT2D eigenvalue weighted by Gasteiger charge is -2.29. The van der Waals surface area contributed by atoms with Crippen molar-refractivity contribution in [3.05, 3.63) is 58.8 Å². The van der Waals surface area contributed by atoms with Crippen molar-refractivity contribution >= 4 is 29.0 Å². The summed E-state index contributed by atoms with van der Waals surface area (Å²) in [5, 5.41) is 7.52. The molecule has 6 N–H and O–H groups in total. The third-order valence-corrected chi connectivity index (χ3v) is 6.27. The minimum absolute atomic E-state index is 0.0450. The first-order chi connectivity index (χ1) is 16.6. The minimum Gasteiger partial charge on any atom is -0.367 e. The molecule has 3 amide bonds. The van der Waals surface area contributed by atoms with E-state index >= 15 is 0 Å². The average Bonchev–Trinajstić information content (AvgIpc) is 3.11. The van der Waals surface area contributed by atoms with E-state index in [0.717, 1.165) is 17.1 Å². The molecule has 0 fully saturated rings. The number of amides is 3. The molecule has 3 heterocycles. The Morgan fingerprint density at radius 2 is 1.97 bits per heavy atom. The minimum atomic E-state index is -0.328. The fraction of sp³-hybridized carbons (Fsp3) is 0.375. The van der Waals surface area contributed by atoms with E-state index in [9.17, 15) is 14.4 Å². The fourth-order valence-corrected chi connectivity index (χ4v) is 4.38. The van der Waals surface area contributed by atoms with E-state index < -0.39 is 0 Å². The molecular formula is C24H32N8O3. The molecule has 4 rings (SSSR count). The predicted octanol–water partition coefficient (Wildman–Crippen LogP) is 1.32.